The monoisotopic (exact) mass is 236 g/mol. The Morgan fingerprint density at radius 1 is 1.12 bits per heavy atom. The lowest BCUT2D eigenvalue weighted by Crippen LogP contribution is -2.35. The highest BCUT2D eigenvalue weighted by Crippen LogP contribution is 2.26. The summed E-state index contributed by atoms with van der Waals surface area (Å²) in [6.07, 6.45) is 1.36. The van der Waals surface area contributed by atoms with Crippen LogP contribution in [-0.2, 0) is 10.8 Å². The summed E-state index contributed by atoms with van der Waals surface area (Å²) >= 11 is 0. The smallest absolute Gasteiger partial charge is 0.171 e. The number of rotatable bonds is 4. The average molecular weight is 236 g/mol. The Morgan fingerprint density at radius 3 is 2.12 bits per heavy atom. The van der Waals surface area contributed by atoms with E-state index in [4.69, 9.17) is 4.43 Å². The minimum atomic E-state index is -0.969. The minimum absolute atomic E-state index is 0.215. The van der Waals surface area contributed by atoms with Crippen molar-refractivity contribution in [2.75, 3.05) is 0 Å². The largest absolute Gasteiger partial charge is 0.417 e. The molecule has 1 rings (SSSR count). The van der Waals surface area contributed by atoms with E-state index in [1.54, 1.807) is 0 Å². The van der Waals surface area contributed by atoms with E-state index in [2.05, 4.69) is 64.2 Å². The summed E-state index contributed by atoms with van der Waals surface area (Å²) in [6.45, 7) is 11.3. The van der Waals surface area contributed by atoms with Gasteiger partial charge in [0.25, 0.3) is 0 Å². The van der Waals surface area contributed by atoms with Gasteiger partial charge >= 0.3 is 0 Å². The Bertz CT molecular complexity index is 300. The van der Waals surface area contributed by atoms with Crippen LogP contribution in [0.3, 0.4) is 0 Å². The van der Waals surface area contributed by atoms with E-state index >= 15 is 0 Å². The van der Waals surface area contributed by atoms with Gasteiger partial charge in [-0.3, -0.25) is 0 Å². The van der Waals surface area contributed by atoms with Crippen LogP contribution in [0, 0.1) is 5.41 Å². The maximum absolute atomic E-state index is 6.16. The van der Waals surface area contributed by atoms with Gasteiger partial charge in [0.2, 0.25) is 0 Å². The molecule has 0 amide bonds. The zero-order valence-corrected chi connectivity index (χ0v) is 12.3. The second kappa shape index (κ2) is 5.64. The molecule has 0 fully saturated rings. The van der Waals surface area contributed by atoms with Gasteiger partial charge in [-0.1, -0.05) is 51.1 Å². The van der Waals surface area contributed by atoms with E-state index in [1.807, 2.05) is 0 Å². The van der Waals surface area contributed by atoms with Gasteiger partial charge in [-0.2, -0.15) is 0 Å². The van der Waals surface area contributed by atoms with Crippen molar-refractivity contribution in [1.29, 1.82) is 0 Å². The van der Waals surface area contributed by atoms with Crippen LogP contribution in [0.15, 0.2) is 30.3 Å². The molecule has 1 nitrogen and oxygen atoms in total. The molecule has 0 bridgehead atoms. The van der Waals surface area contributed by atoms with E-state index in [0.29, 0.717) is 6.10 Å². The van der Waals surface area contributed by atoms with E-state index in [0.717, 1.165) is 6.42 Å². The van der Waals surface area contributed by atoms with Crippen LogP contribution in [0.5, 0.6) is 0 Å². The van der Waals surface area contributed by atoms with Gasteiger partial charge < -0.3 is 4.43 Å². The predicted octanol–water partition coefficient (Wildman–Crippen LogP) is 3.64. The Morgan fingerprint density at radius 2 is 1.69 bits per heavy atom. The van der Waals surface area contributed by atoms with E-state index in [1.165, 1.54) is 5.56 Å². The van der Waals surface area contributed by atoms with E-state index in [9.17, 15) is 0 Å². The Kier molecular flexibility index (Phi) is 4.75. The van der Waals surface area contributed by atoms with Crippen molar-refractivity contribution in [3.05, 3.63) is 35.9 Å². The molecule has 1 aromatic carbocycles. The molecule has 0 N–H and O–H groups in total. The maximum Gasteiger partial charge on any atom is 0.171 e. The van der Waals surface area contributed by atoms with Crippen LogP contribution in [0.1, 0.15) is 26.3 Å². The van der Waals surface area contributed by atoms with Gasteiger partial charge in [-0.15, -0.1) is 0 Å². The van der Waals surface area contributed by atoms with Crippen LogP contribution < -0.4 is 0 Å². The van der Waals surface area contributed by atoms with Crippen LogP contribution in [0.4, 0.5) is 0 Å². The van der Waals surface area contributed by atoms with Gasteiger partial charge in [-0.25, -0.2) is 0 Å². The fourth-order valence-corrected chi connectivity index (χ4v) is 2.88. The van der Waals surface area contributed by atoms with Crippen LogP contribution in [0.25, 0.3) is 0 Å². The summed E-state index contributed by atoms with van der Waals surface area (Å²) < 4.78 is 6.16. The van der Waals surface area contributed by atoms with E-state index < -0.39 is 9.04 Å². The Hall–Kier alpha value is -0.603. The standard InChI is InChI=1S/C14H24OSi/c1-14(2,3)13(15-16(4)5)11-12-9-7-6-8-10-12/h6-10,13,16H,11H2,1-5H3. The SMILES string of the molecule is C[SiH](C)OC(Cc1ccccc1)C(C)(C)C. The fourth-order valence-electron chi connectivity index (χ4n) is 1.72. The summed E-state index contributed by atoms with van der Waals surface area (Å²) in [5.74, 6) is 0. The number of hydrogen-bond acceptors (Lipinski definition) is 1. The highest BCUT2D eigenvalue weighted by atomic mass is 28.3. The molecule has 1 atom stereocenters. The predicted molar refractivity (Wildman–Crippen MR) is 73.4 cm³/mol. The van der Waals surface area contributed by atoms with Crippen molar-refractivity contribution in [2.45, 2.75) is 46.4 Å². The Labute approximate surface area is 102 Å². The third-order valence-corrected chi connectivity index (χ3v) is 3.54. The fraction of sp³-hybridized carbons (Fsp3) is 0.571. The van der Waals surface area contributed by atoms with Gasteiger partial charge in [-0.05, 0) is 30.5 Å². The molecular formula is C14H24OSi. The van der Waals surface area contributed by atoms with Crippen molar-refractivity contribution < 1.29 is 4.43 Å². The second-order valence-corrected chi connectivity index (χ2v) is 8.10. The lowest BCUT2D eigenvalue weighted by molar-refractivity contribution is 0.0867. The zero-order chi connectivity index (χ0) is 12.2. The maximum atomic E-state index is 6.16. The van der Waals surface area contributed by atoms with Crippen LogP contribution in [-0.4, -0.2) is 15.1 Å². The first kappa shape index (κ1) is 13.5. The summed E-state index contributed by atoms with van der Waals surface area (Å²) in [5, 5.41) is 0. The van der Waals surface area contributed by atoms with Crippen molar-refractivity contribution in [3.63, 3.8) is 0 Å². The first-order chi connectivity index (χ1) is 7.39. The molecule has 0 heterocycles. The third-order valence-electron chi connectivity index (χ3n) is 2.67. The van der Waals surface area contributed by atoms with E-state index in [-0.39, 0.29) is 5.41 Å². The summed E-state index contributed by atoms with van der Waals surface area (Å²) in [7, 11) is -0.969. The minimum Gasteiger partial charge on any atom is -0.417 e. The lowest BCUT2D eigenvalue weighted by atomic mass is 9.85. The van der Waals surface area contributed by atoms with Crippen molar-refractivity contribution in [1.82, 2.24) is 0 Å². The molecule has 0 aliphatic rings. The molecule has 0 radical (unpaired) electrons. The van der Waals surface area contributed by atoms with Crippen molar-refractivity contribution in [2.24, 2.45) is 5.41 Å². The number of benzene rings is 1. The van der Waals surface area contributed by atoms with Gasteiger partial charge in [0.05, 0.1) is 6.10 Å². The quantitative estimate of drug-likeness (QED) is 0.725. The van der Waals surface area contributed by atoms with Crippen molar-refractivity contribution >= 4 is 9.04 Å². The number of hydrogen-bond donors (Lipinski definition) is 0. The molecule has 90 valence electrons. The molecule has 0 saturated heterocycles. The summed E-state index contributed by atoms with van der Waals surface area (Å²) in [4.78, 5) is 0. The lowest BCUT2D eigenvalue weighted by Gasteiger charge is -2.32. The first-order valence-corrected chi connectivity index (χ1v) is 8.87. The normalized spacial score (nSPS) is 14.1. The third kappa shape index (κ3) is 4.50. The highest BCUT2D eigenvalue weighted by Gasteiger charge is 2.26. The molecule has 0 aromatic heterocycles. The molecule has 0 spiro atoms. The molecule has 2 heteroatoms. The molecular weight excluding hydrogens is 212 g/mol. The van der Waals surface area contributed by atoms with Crippen molar-refractivity contribution in [3.8, 4) is 0 Å². The van der Waals surface area contributed by atoms with Gasteiger partial charge in [0.15, 0.2) is 9.04 Å². The Balaban J connectivity index is 2.72. The highest BCUT2D eigenvalue weighted by molar-refractivity contribution is 6.48. The second-order valence-electron chi connectivity index (χ2n) is 5.73. The zero-order valence-electron chi connectivity index (χ0n) is 11.2. The molecule has 16 heavy (non-hydrogen) atoms. The van der Waals surface area contributed by atoms with Gasteiger partial charge in [0, 0.05) is 0 Å². The molecule has 0 aliphatic carbocycles. The van der Waals surface area contributed by atoms with Crippen LogP contribution >= 0.6 is 0 Å². The molecule has 1 unspecified atom stereocenters. The summed E-state index contributed by atoms with van der Waals surface area (Å²) in [6, 6.07) is 10.6. The molecule has 0 aliphatic heterocycles. The molecule has 1 aromatic rings. The van der Waals surface area contributed by atoms with Gasteiger partial charge in [0.1, 0.15) is 0 Å². The first-order valence-electron chi connectivity index (χ1n) is 6.09. The summed E-state index contributed by atoms with van der Waals surface area (Å²) in [5.41, 5.74) is 1.59. The average Bonchev–Trinajstić information content (AvgIpc) is 2.16. The molecule has 0 saturated carbocycles. The van der Waals surface area contributed by atoms with Crippen LogP contribution in [0.2, 0.25) is 13.1 Å². The topological polar surface area (TPSA) is 9.23 Å².